The first-order valence-corrected chi connectivity index (χ1v) is 23.4. The fourth-order valence-electron chi connectivity index (χ4n) is 13.2. The molecule has 6 fully saturated rings. The molecule has 8 rings (SSSR count). The van der Waals surface area contributed by atoms with Gasteiger partial charge in [0.25, 0.3) is 0 Å². The van der Waals surface area contributed by atoms with Crippen LogP contribution in [0.1, 0.15) is 86.5 Å². The molecule has 0 amide bonds. The number of cyclic esters (lactones) is 1. The van der Waals surface area contributed by atoms with Crippen molar-refractivity contribution in [2.24, 2.45) is 34.5 Å². The molecule has 4 aliphatic heterocycles. The van der Waals surface area contributed by atoms with Crippen molar-refractivity contribution >= 4 is 11.9 Å². The molecule has 20 heteroatoms. The van der Waals surface area contributed by atoms with E-state index in [1.807, 2.05) is 13.8 Å². The number of esters is 2. The van der Waals surface area contributed by atoms with E-state index >= 15 is 0 Å². The smallest absolute Gasteiger partial charge is 0.334 e. The van der Waals surface area contributed by atoms with E-state index in [4.69, 9.17) is 37.9 Å². The molecule has 374 valence electrons. The van der Waals surface area contributed by atoms with Gasteiger partial charge < -0.3 is 89.0 Å². The summed E-state index contributed by atoms with van der Waals surface area (Å²) in [5, 5.41) is 110. The average Bonchev–Trinajstić information content (AvgIpc) is 3.64. The van der Waals surface area contributed by atoms with E-state index in [1.54, 1.807) is 13.8 Å². The van der Waals surface area contributed by atoms with Gasteiger partial charge in [-0.1, -0.05) is 31.1 Å². The lowest BCUT2D eigenvalue weighted by atomic mass is 9.45. The van der Waals surface area contributed by atoms with Gasteiger partial charge in [-0.25, -0.2) is 4.79 Å². The molecule has 0 aromatic heterocycles. The Morgan fingerprint density at radius 2 is 1.44 bits per heavy atom. The number of allylic oxidation sites excluding steroid dienone is 1. The van der Waals surface area contributed by atoms with Gasteiger partial charge in [-0.3, -0.25) is 4.79 Å². The largest absolute Gasteiger partial charge is 0.462 e. The molecule has 0 spiro atoms. The van der Waals surface area contributed by atoms with Crippen molar-refractivity contribution in [1.82, 2.24) is 0 Å². The van der Waals surface area contributed by atoms with E-state index in [-0.39, 0.29) is 30.1 Å². The fraction of sp³-hybridized carbons (Fsp3) is 0.870. The lowest BCUT2D eigenvalue weighted by Gasteiger charge is -2.62. The van der Waals surface area contributed by atoms with E-state index in [0.717, 1.165) is 17.6 Å². The van der Waals surface area contributed by atoms with Gasteiger partial charge in [-0.2, -0.15) is 0 Å². The van der Waals surface area contributed by atoms with Crippen LogP contribution in [0, 0.1) is 34.5 Å². The lowest BCUT2D eigenvalue weighted by molar-refractivity contribution is -0.380. The molecule has 4 aliphatic carbocycles. The molecule has 20 nitrogen and oxygen atoms in total. The zero-order chi connectivity index (χ0) is 47.9. The molecule has 0 aromatic carbocycles. The van der Waals surface area contributed by atoms with Crippen molar-refractivity contribution < 1.29 is 98.5 Å². The first-order chi connectivity index (χ1) is 31.0. The molecule has 10 N–H and O–H groups in total. The maximum atomic E-state index is 12.9. The molecule has 3 saturated carbocycles. The van der Waals surface area contributed by atoms with Crippen molar-refractivity contribution in [2.75, 3.05) is 19.8 Å². The minimum atomic E-state index is -1.81. The van der Waals surface area contributed by atoms with Crippen LogP contribution in [0.2, 0.25) is 0 Å². The number of hydrogen-bond acceptors (Lipinski definition) is 20. The Kier molecular flexibility index (Phi) is 14.3. The van der Waals surface area contributed by atoms with Crippen molar-refractivity contribution in [1.29, 1.82) is 0 Å². The summed E-state index contributed by atoms with van der Waals surface area (Å²) in [7, 11) is 0. The summed E-state index contributed by atoms with van der Waals surface area (Å²) in [4.78, 5) is 25.7. The summed E-state index contributed by atoms with van der Waals surface area (Å²) in [5.41, 5.74) is -0.591. The Morgan fingerprint density at radius 1 is 0.818 bits per heavy atom. The van der Waals surface area contributed by atoms with Crippen molar-refractivity contribution in [3.8, 4) is 0 Å². The van der Waals surface area contributed by atoms with Crippen LogP contribution in [-0.4, -0.2) is 193 Å². The molecule has 8 aliphatic rings. The number of aliphatic hydroxyl groups is 10. The highest BCUT2D eigenvalue weighted by Crippen LogP contribution is 2.68. The van der Waals surface area contributed by atoms with Gasteiger partial charge in [0.15, 0.2) is 18.9 Å². The fourth-order valence-corrected chi connectivity index (χ4v) is 13.2. The van der Waals surface area contributed by atoms with Gasteiger partial charge in [-0.05, 0) is 76.5 Å². The number of hydrogen-bond donors (Lipinski definition) is 10. The molecule has 0 bridgehead atoms. The first kappa shape index (κ1) is 50.2. The minimum absolute atomic E-state index is 0.0280. The third-order valence-electron chi connectivity index (χ3n) is 17.2. The van der Waals surface area contributed by atoms with Crippen LogP contribution >= 0.6 is 0 Å². The molecule has 24 atom stereocenters. The highest BCUT2D eigenvalue weighted by Gasteiger charge is 2.68. The molecule has 0 unspecified atom stereocenters. The van der Waals surface area contributed by atoms with Crippen LogP contribution in [0.25, 0.3) is 0 Å². The Balaban J connectivity index is 1.04. The summed E-state index contributed by atoms with van der Waals surface area (Å²) in [6, 6.07) is 0. The normalized spacial score (nSPS) is 50.6. The summed E-state index contributed by atoms with van der Waals surface area (Å²) in [5.74, 6) is -1.50. The predicted molar refractivity (Wildman–Crippen MR) is 223 cm³/mol. The highest BCUT2D eigenvalue weighted by atomic mass is 16.8. The standard InChI is InChI=1S/C46H70O20/c1-18-11-32(64-40(57)19(18)2)46(6,58)29-10-9-24-23-8-7-21-12-22(13-31(61-20(3)48)44(21,4)25(23)14-30(51)45(24,29)5)62-43-37(56)39(66-42-36(55)34(53)27(50)17-60-42)38(28(15-47)63-43)65-41-35(54)33(52)26(49)16-59-41/h7,22-39,41-43,47,49-56,58H,8-17H2,1-6H3/t22-,23+,24+,25+,26-,27-,28-,29+,30-,31+,32-,33+,34+,35-,36-,37-,38-,39-,41+,42+,43-,44+,45+,46-/m1/s1. The number of aliphatic hydroxyl groups excluding tert-OH is 9. The predicted octanol–water partition coefficient (Wildman–Crippen LogP) is -1.41. The SMILES string of the molecule is CC(=O)O[C@H]1C[C@H](O[C@@H]2O[C@H](CO)[C@@H](O[C@@H]3OC[C@@H](O)[C@H](O)[C@H]3O)[C@H](O[C@@H]3OC[C@@H](O)[C@H](O)[C@H]3O)[C@H]2O)CC2=CC[C@@H]3[C@H](C[C@@H](O)[C@]4(C)[C@@H]([C@@](C)(O)[C@H]5CC(C)=C(C)C(=O)O5)CC[C@@H]34)[C@]21C. The molecule has 0 aromatic rings. The van der Waals surface area contributed by atoms with Gasteiger partial charge in [0.1, 0.15) is 78.8 Å². The topological polar surface area (TPSA) is 310 Å². The summed E-state index contributed by atoms with van der Waals surface area (Å²) in [6.45, 7) is 9.07. The molecular formula is C46H70O20. The second-order valence-corrected chi connectivity index (χ2v) is 20.8. The minimum Gasteiger partial charge on any atom is -0.462 e. The van der Waals surface area contributed by atoms with Crippen LogP contribution in [0.4, 0.5) is 0 Å². The van der Waals surface area contributed by atoms with E-state index in [0.29, 0.717) is 37.7 Å². The molecule has 0 radical (unpaired) electrons. The highest BCUT2D eigenvalue weighted by molar-refractivity contribution is 5.89. The van der Waals surface area contributed by atoms with Crippen molar-refractivity contribution in [3.63, 3.8) is 0 Å². The van der Waals surface area contributed by atoms with E-state index in [9.17, 15) is 60.7 Å². The van der Waals surface area contributed by atoms with E-state index in [1.165, 1.54) is 6.92 Å². The van der Waals surface area contributed by atoms with Gasteiger partial charge in [0.05, 0.1) is 32.0 Å². The third-order valence-corrected chi connectivity index (χ3v) is 17.2. The average molecular weight is 943 g/mol. The van der Waals surface area contributed by atoms with Crippen LogP contribution in [0.3, 0.4) is 0 Å². The number of fused-ring (bicyclic) bond motifs is 5. The maximum Gasteiger partial charge on any atom is 0.334 e. The summed E-state index contributed by atoms with van der Waals surface area (Å²) < 4.78 is 47.6. The first-order valence-electron chi connectivity index (χ1n) is 23.4. The summed E-state index contributed by atoms with van der Waals surface area (Å²) in [6.07, 6.45) is -18.9. The molecule has 66 heavy (non-hydrogen) atoms. The number of ether oxygens (including phenoxy) is 8. The lowest BCUT2D eigenvalue weighted by Crippen LogP contribution is -2.66. The van der Waals surface area contributed by atoms with Gasteiger partial charge in [0.2, 0.25) is 0 Å². The second-order valence-electron chi connectivity index (χ2n) is 20.8. The zero-order valence-electron chi connectivity index (χ0n) is 38.3. The van der Waals surface area contributed by atoms with E-state index in [2.05, 4.69) is 13.0 Å². The monoisotopic (exact) mass is 942 g/mol. The third kappa shape index (κ3) is 8.51. The van der Waals surface area contributed by atoms with Crippen molar-refractivity contribution in [2.45, 2.75) is 196 Å². The van der Waals surface area contributed by atoms with Crippen LogP contribution in [0.15, 0.2) is 22.8 Å². The number of carbonyl (C=O) groups excluding carboxylic acids is 2. The molecule has 4 heterocycles. The number of carbonyl (C=O) groups is 2. The maximum absolute atomic E-state index is 12.9. The zero-order valence-corrected chi connectivity index (χ0v) is 38.3. The second kappa shape index (κ2) is 18.8. The van der Waals surface area contributed by atoms with E-state index < -0.39 is 153 Å². The van der Waals surface area contributed by atoms with Gasteiger partial charge >= 0.3 is 11.9 Å². The molecule has 3 saturated heterocycles. The van der Waals surface area contributed by atoms with Gasteiger partial charge in [0, 0.05) is 36.2 Å². The quantitative estimate of drug-likeness (QED) is 0.0889. The Hall–Kier alpha value is -2.22. The summed E-state index contributed by atoms with van der Waals surface area (Å²) >= 11 is 0. The Morgan fingerprint density at radius 3 is 2.03 bits per heavy atom. The Labute approximate surface area is 383 Å². The molecular weight excluding hydrogens is 872 g/mol. The van der Waals surface area contributed by atoms with Crippen molar-refractivity contribution in [3.05, 3.63) is 22.8 Å². The van der Waals surface area contributed by atoms with Crippen LogP contribution in [-0.2, 0) is 47.5 Å². The van der Waals surface area contributed by atoms with Crippen LogP contribution < -0.4 is 0 Å². The van der Waals surface area contributed by atoms with Crippen LogP contribution in [0.5, 0.6) is 0 Å². The number of rotatable bonds is 10. The van der Waals surface area contributed by atoms with Gasteiger partial charge in [-0.15, -0.1) is 0 Å². The Bertz CT molecular complexity index is 1860.